The second kappa shape index (κ2) is 26.2. The standard InChI is InChI=1S/2C8H12O4.C4H9.Sn/c2*1-2-3-6-12-8(11)5-4-7(9)10;1-3-4-2;/h2*4-5H,2-3,6H2,1H3,(H,9,10);1,3-4H2,2H3;/q;;;+2/p-2/b2*5-4-;;. The van der Waals surface area contributed by atoms with Gasteiger partial charge >= 0.3 is 58.7 Å². The Balaban J connectivity index is -0.000000380. The van der Waals surface area contributed by atoms with Crippen LogP contribution in [0, 0.1) is 0 Å². The molecule has 8 nitrogen and oxygen atoms in total. The molecule has 0 saturated carbocycles. The number of aliphatic carboxylic acids is 2. The van der Waals surface area contributed by atoms with Crippen LogP contribution < -0.4 is 10.2 Å². The van der Waals surface area contributed by atoms with E-state index in [4.69, 9.17) is 0 Å². The van der Waals surface area contributed by atoms with Crippen LogP contribution in [-0.4, -0.2) is 59.6 Å². The molecule has 0 aliphatic rings. The van der Waals surface area contributed by atoms with Crippen molar-refractivity contribution in [3.8, 4) is 0 Å². The maximum absolute atomic E-state index is 10.6. The van der Waals surface area contributed by atoms with Crippen LogP contribution in [-0.2, 0) is 28.7 Å². The van der Waals surface area contributed by atoms with Crippen molar-refractivity contribution in [3.05, 3.63) is 24.3 Å². The molecule has 0 spiro atoms. The van der Waals surface area contributed by atoms with Gasteiger partial charge in [-0.3, -0.25) is 0 Å². The summed E-state index contributed by atoms with van der Waals surface area (Å²) >= 11 is 1.68. The fourth-order valence-corrected chi connectivity index (χ4v) is 2.19. The van der Waals surface area contributed by atoms with Crippen LogP contribution in [0.25, 0.3) is 0 Å². The molecule has 0 atom stereocenters. The van der Waals surface area contributed by atoms with E-state index < -0.39 is 23.9 Å². The molecule has 0 aromatic carbocycles. The van der Waals surface area contributed by atoms with Crippen LogP contribution in [0.5, 0.6) is 0 Å². The van der Waals surface area contributed by atoms with Gasteiger partial charge in [0, 0.05) is 12.2 Å². The molecule has 0 N–H and O–H groups in total. The van der Waals surface area contributed by atoms with Crippen LogP contribution in [0.3, 0.4) is 0 Å². The van der Waals surface area contributed by atoms with Gasteiger partial charge in [0.15, 0.2) is 0 Å². The molecule has 0 rings (SSSR count). The molecular weight excluding hydrogens is 487 g/mol. The summed E-state index contributed by atoms with van der Waals surface area (Å²) < 4.78 is 10.7. The van der Waals surface area contributed by atoms with Crippen LogP contribution in [0.15, 0.2) is 24.3 Å². The molecule has 0 saturated heterocycles. The van der Waals surface area contributed by atoms with E-state index in [1.165, 1.54) is 17.3 Å². The minimum absolute atomic E-state index is 0.326. The van der Waals surface area contributed by atoms with Crippen LogP contribution in [0.4, 0.5) is 0 Å². The quantitative estimate of drug-likeness (QED) is 0.159. The molecule has 0 heterocycles. The van der Waals surface area contributed by atoms with Gasteiger partial charge in [-0.2, -0.15) is 0 Å². The fraction of sp³-hybridized carbons (Fsp3) is 0.600. The predicted molar refractivity (Wildman–Crippen MR) is 105 cm³/mol. The third kappa shape index (κ3) is 37.6. The first-order chi connectivity index (χ1) is 13.7. The van der Waals surface area contributed by atoms with Gasteiger partial charge in [0.25, 0.3) is 0 Å². The van der Waals surface area contributed by atoms with Crippen LogP contribution in [0.2, 0.25) is 4.44 Å². The number of rotatable bonds is 12. The Morgan fingerprint density at radius 2 is 1.03 bits per heavy atom. The second-order valence-corrected chi connectivity index (χ2v) is 6.88. The molecule has 0 aliphatic carbocycles. The Morgan fingerprint density at radius 3 is 1.24 bits per heavy atom. The second-order valence-electron chi connectivity index (χ2n) is 5.45. The van der Waals surface area contributed by atoms with E-state index >= 15 is 0 Å². The Hall–Kier alpha value is -1.84. The summed E-state index contributed by atoms with van der Waals surface area (Å²) in [7, 11) is 0. The third-order valence-electron chi connectivity index (χ3n) is 2.73. The number of hydrogen-bond acceptors (Lipinski definition) is 8. The van der Waals surface area contributed by atoms with Gasteiger partial charge in [-0.05, 0) is 25.0 Å². The molecule has 0 aliphatic heterocycles. The number of hydrogen-bond donors (Lipinski definition) is 0. The average Bonchev–Trinajstić information content (AvgIpc) is 2.67. The van der Waals surface area contributed by atoms with Crippen molar-refractivity contribution >= 4 is 46.4 Å². The van der Waals surface area contributed by atoms with Gasteiger partial charge in [0.2, 0.25) is 0 Å². The number of ether oxygens (including phenoxy) is 2. The Bertz CT molecular complexity index is 457. The van der Waals surface area contributed by atoms with Crippen molar-refractivity contribution in [1.82, 2.24) is 0 Å². The summed E-state index contributed by atoms with van der Waals surface area (Å²) in [6.45, 7) is 6.80. The summed E-state index contributed by atoms with van der Waals surface area (Å²) in [5, 5.41) is 19.7. The van der Waals surface area contributed by atoms with Gasteiger partial charge in [0.1, 0.15) is 0 Å². The number of carbonyl (C=O) groups excluding carboxylic acids is 4. The first-order valence-electron chi connectivity index (χ1n) is 9.51. The number of unbranched alkanes of at least 4 members (excludes halogenated alkanes) is 3. The molecule has 0 aromatic rings. The van der Waals surface area contributed by atoms with E-state index in [2.05, 4.69) is 16.4 Å². The van der Waals surface area contributed by atoms with Crippen molar-refractivity contribution in [2.75, 3.05) is 13.2 Å². The van der Waals surface area contributed by atoms with Gasteiger partial charge in [-0.15, -0.1) is 0 Å². The average molecular weight is 518 g/mol. The molecule has 29 heavy (non-hydrogen) atoms. The van der Waals surface area contributed by atoms with E-state index in [1.54, 1.807) is 22.5 Å². The van der Waals surface area contributed by atoms with Gasteiger partial charge < -0.3 is 29.3 Å². The van der Waals surface area contributed by atoms with E-state index in [9.17, 15) is 29.4 Å². The first-order valence-corrected chi connectivity index (χ1v) is 11.5. The maximum atomic E-state index is 10.6. The Labute approximate surface area is 186 Å². The predicted octanol–water partition coefficient (Wildman–Crippen LogP) is 0.645. The van der Waals surface area contributed by atoms with Crippen molar-refractivity contribution in [2.45, 2.75) is 63.7 Å². The summed E-state index contributed by atoms with van der Waals surface area (Å²) in [5.41, 5.74) is 0. The zero-order chi connectivity index (χ0) is 22.9. The number of carboxylic acids is 2. The number of carboxylic acid groups (broad SMARTS) is 2. The zero-order valence-corrected chi connectivity index (χ0v) is 20.3. The van der Waals surface area contributed by atoms with Crippen molar-refractivity contribution < 1.29 is 38.9 Å². The topological polar surface area (TPSA) is 133 Å². The summed E-state index contributed by atoms with van der Waals surface area (Å²) in [6, 6.07) is 0. The van der Waals surface area contributed by atoms with Gasteiger partial charge in [-0.1, -0.05) is 26.7 Å². The summed E-state index contributed by atoms with van der Waals surface area (Å²) in [4.78, 5) is 40.9. The minimum atomic E-state index is -1.40. The van der Waals surface area contributed by atoms with Crippen molar-refractivity contribution in [3.63, 3.8) is 0 Å². The van der Waals surface area contributed by atoms with E-state index in [0.717, 1.165) is 37.8 Å². The normalized spacial score (nSPS) is 9.72. The molecule has 0 bridgehead atoms. The molecule has 0 amide bonds. The number of carbonyl (C=O) groups is 4. The van der Waals surface area contributed by atoms with E-state index in [0.29, 0.717) is 25.4 Å². The SMILES string of the molecule is CCCCOC(=O)/C=C\C(=O)[O-].CCCCOC(=O)/C=C\C(=O)[O-].CCC[CH2][Sn+2]. The molecular formula is C20H31O8Sn. The summed E-state index contributed by atoms with van der Waals surface area (Å²) in [5.74, 6) is -4.09. The Morgan fingerprint density at radius 1 is 0.690 bits per heavy atom. The van der Waals surface area contributed by atoms with Crippen molar-refractivity contribution in [2.24, 2.45) is 0 Å². The van der Waals surface area contributed by atoms with E-state index in [1.807, 2.05) is 13.8 Å². The van der Waals surface area contributed by atoms with Crippen LogP contribution >= 0.6 is 0 Å². The summed E-state index contributed by atoms with van der Waals surface area (Å²) in [6.07, 6.45) is 9.19. The fourth-order valence-electron chi connectivity index (χ4n) is 1.18. The van der Waals surface area contributed by atoms with Crippen molar-refractivity contribution in [1.29, 1.82) is 0 Å². The first kappa shape index (κ1) is 31.8. The molecule has 0 fully saturated rings. The number of esters is 2. The van der Waals surface area contributed by atoms with Gasteiger partial charge in [0.05, 0.1) is 25.2 Å². The Kier molecular flexibility index (Phi) is 28.7. The molecule has 0 aromatic heterocycles. The molecule has 163 valence electrons. The molecule has 9 heteroatoms. The van der Waals surface area contributed by atoms with Crippen LogP contribution in [0.1, 0.15) is 59.3 Å². The molecule has 0 unspecified atom stereocenters. The zero-order valence-electron chi connectivity index (χ0n) is 17.4. The van der Waals surface area contributed by atoms with Gasteiger partial charge in [-0.25, -0.2) is 9.59 Å². The monoisotopic (exact) mass is 519 g/mol. The molecule has 1 radical (unpaired) electrons. The third-order valence-corrected chi connectivity index (χ3v) is 3.73. The van der Waals surface area contributed by atoms with E-state index in [-0.39, 0.29) is 0 Å².